The number of hydrogen-bond acceptors (Lipinski definition) is 3. The topological polar surface area (TPSA) is 64.3 Å². The van der Waals surface area contributed by atoms with E-state index in [-0.39, 0.29) is 11.7 Å². The van der Waals surface area contributed by atoms with Crippen LogP contribution in [0.2, 0.25) is 0 Å². The molecule has 1 atom stereocenters. The summed E-state index contributed by atoms with van der Waals surface area (Å²) in [5.41, 5.74) is 6.16. The first-order chi connectivity index (χ1) is 10.3. The van der Waals surface area contributed by atoms with Crippen LogP contribution < -0.4 is 15.8 Å². The third-order valence-corrected chi connectivity index (χ3v) is 3.61. The molecule has 4 nitrogen and oxygen atoms in total. The van der Waals surface area contributed by atoms with E-state index < -0.39 is 11.4 Å². The van der Waals surface area contributed by atoms with Gasteiger partial charge in [-0.25, -0.2) is 4.39 Å². The smallest absolute Gasteiger partial charge is 0.220 e. The molecule has 0 spiro atoms. The molecular weight excluding hydrogens is 283 g/mol. The van der Waals surface area contributed by atoms with E-state index in [4.69, 9.17) is 10.5 Å². The SMILES string of the molecule is COc1ccc(CCC(=O)NC(C)(CN)CC(C)C)cc1F. The van der Waals surface area contributed by atoms with E-state index in [0.29, 0.717) is 25.3 Å². The summed E-state index contributed by atoms with van der Waals surface area (Å²) in [6.45, 7) is 6.55. The molecule has 0 aliphatic rings. The van der Waals surface area contributed by atoms with Crippen molar-refractivity contribution < 1.29 is 13.9 Å². The van der Waals surface area contributed by atoms with Crippen LogP contribution in [-0.4, -0.2) is 25.1 Å². The molecule has 0 bridgehead atoms. The van der Waals surface area contributed by atoms with E-state index in [0.717, 1.165) is 12.0 Å². The van der Waals surface area contributed by atoms with E-state index in [1.165, 1.54) is 13.2 Å². The predicted octanol–water partition coefficient (Wildman–Crippen LogP) is 2.65. The fourth-order valence-corrected chi connectivity index (χ4v) is 2.61. The van der Waals surface area contributed by atoms with E-state index >= 15 is 0 Å². The van der Waals surface area contributed by atoms with Crippen LogP contribution in [0.25, 0.3) is 0 Å². The van der Waals surface area contributed by atoms with Gasteiger partial charge in [-0.05, 0) is 43.4 Å². The van der Waals surface area contributed by atoms with E-state index in [9.17, 15) is 9.18 Å². The molecule has 1 rings (SSSR count). The molecule has 124 valence electrons. The van der Waals surface area contributed by atoms with E-state index in [2.05, 4.69) is 19.2 Å². The summed E-state index contributed by atoms with van der Waals surface area (Å²) in [5, 5.41) is 3.00. The normalized spacial score (nSPS) is 13.8. The Labute approximate surface area is 132 Å². The first kappa shape index (κ1) is 18.4. The van der Waals surface area contributed by atoms with Gasteiger partial charge in [0, 0.05) is 18.5 Å². The molecule has 1 unspecified atom stereocenters. The van der Waals surface area contributed by atoms with Crippen molar-refractivity contribution in [3.8, 4) is 5.75 Å². The summed E-state index contributed by atoms with van der Waals surface area (Å²) in [4.78, 5) is 12.1. The van der Waals surface area contributed by atoms with Crippen LogP contribution in [0.15, 0.2) is 18.2 Å². The molecular formula is C17H27FN2O2. The van der Waals surface area contributed by atoms with E-state index in [1.54, 1.807) is 12.1 Å². The second-order valence-electron chi connectivity index (χ2n) is 6.38. The molecule has 0 radical (unpaired) electrons. The minimum atomic E-state index is -0.410. The number of carbonyl (C=O) groups excluding carboxylic acids is 1. The molecule has 5 heteroatoms. The van der Waals surface area contributed by atoms with E-state index in [1.807, 2.05) is 6.92 Å². The van der Waals surface area contributed by atoms with Gasteiger partial charge in [-0.1, -0.05) is 19.9 Å². The lowest BCUT2D eigenvalue weighted by Crippen LogP contribution is -2.52. The zero-order chi connectivity index (χ0) is 16.8. The van der Waals surface area contributed by atoms with Crippen molar-refractivity contribution >= 4 is 5.91 Å². The van der Waals surface area contributed by atoms with Crippen LogP contribution in [0, 0.1) is 11.7 Å². The average molecular weight is 310 g/mol. The summed E-state index contributed by atoms with van der Waals surface area (Å²) < 4.78 is 18.5. The van der Waals surface area contributed by atoms with Gasteiger partial charge in [0.25, 0.3) is 0 Å². The minimum Gasteiger partial charge on any atom is -0.494 e. The maximum atomic E-state index is 13.6. The monoisotopic (exact) mass is 310 g/mol. The number of ether oxygens (including phenoxy) is 1. The largest absolute Gasteiger partial charge is 0.494 e. The van der Waals surface area contributed by atoms with Crippen LogP contribution in [0.4, 0.5) is 4.39 Å². The van der Waals surface area contributed by atoms with Gasteiger partial charge in [-0.2, -0.15) is 0 Å². The van der Waals surface area contributed by atoms with Gasteiger partial charge in [0.1, 0.15) is 0 Å². The van der Waals surface area contributed by atoms with Gasteiger partial charge < -0.3 is 15.8 Å². The van der Waals surface area contributed by atoms with Crippen molar-refractivity contribution in [2.75, 3.05) is 13.7 Å². The number of methoxy groups -OCH3 is 1. The lowest BCUT2D eigenvalue weighted by Gasteiger charge is -2.31. The lowest BCUT2D eigenvalue weighted by atomic mass is 9.90. The molecule has 0 saturated heterocycles. The first-order valence-corrected chi connectivity index (χ1v) is 7.63. The molecule has 1 aromatic carbocycles. The highest BCUT2D eigenvalue weighted by atomic mass is 19.1. The van der Waals surface area contributed by atoms with Gasteiger partial charge in [-0.3, -0.25) is 4.79 Å². The second kappa shape index (κ2) is 8.13. The summed E-state index contributed by atoms with van der Waals surface area (Å²) in [5.74, 6) is 0.183. The van der Waals surface area contributed by atoms with Crippen LogP contribution in [-0.2, 0) is 11.2 Å². The van der Waals surface area contributed by atoms with Crippen molar-refractivity contribution in [2.24, 2.45) is 11.7 Å². The molecule has 0 aliphatic carbocycles. The Morgan fingerprint density at radius 3 is 2.64 bits per heavy atom. The number of nitrogens with two attached hydrogens (primary N) is 1. The number of rotatable bonds is 8. The molecule has 0 aliphatic heterocycles. The Balaban J connectivity index is 2.57. The molecule has 0 saturated carbocycles. The standard InChI is InChI=1S/C17H27FN2O2/c1-12(2)10-17(3,11-19)20-16(21)8-6-13-5-7-15(22-4)14(18)9-13/h5,7,9,12H,6,8,10-11,19H2,1-4H3,(H,20,21). The summed E-state index contributed by atoms with van der Waals surface area (Å²) in [6, 6.07) is 4.75. The van der Waals surface area contributed by atoms with Crippen molar-refractivity contribution in [1.29, 1.82) is 0 Å². The highest BCUT2D eigenvalue weighted by Crippen LogP contribution is 2.19. The Hall–Kier alpha value is -1.62. The van der Waals surface area contributed by atoms with Crippen LogP contribution in [0.1, 0.15) is 39.2 Å². The molecule has 3 N–H and O–H groups in total. The van der Waals surface area contributed by atoms with Gasteiger partial charge in [-0.15, -0.1) is 0 Å². The molecule has 1 amide bonds. The maximum absolute atomic E-state index is 13.6. The van der Waals surface area contributed by atoms with Crippen molar-refractivity contribution in [3.63, 3.8) is 0 Å². The van der Waals surface area contributed by atoms with Crippen molar-refractivity contribution in [2.45, 2.75) is 45.6 Å². The van der Waals surface area contributed by atoms with Crippen molar-refractivity contribution in [3.05, 3.63) is 29.6 Å². The Bertz CT molecular complexity index is 505. The molecule has 1 aromatic rings. The highest BCUT2D eigenvalue weighted by Gasteiger charge is 2.25. The molecule has 0 aromatic heterocycles. The molecule has 22 heavy (non-hydrogen) atoms. The number of hydrogen-bond donors (Lipinski definition) is 2. The van der Waals surface area contributed by atoms with Crippen molar-refractivity contribution in [1.82, 2.24) is 5.32 Å². The van der Waals surface area contributed by atoms with Crippen LogP contribution in [0.5, 0.6) is 5.75 Å². The fraction of sp³-hybridized carbons (Fsp3) is 0.588. The van der Waals surface area contributed by atoms with Gasteiger partial charge in [0.15, 0.2) is 11.6 Å². The highest BCUT2D eigenvalue weighted by molar-refractivity contribution is 5.77. The summed E-state index contributed by atoms with van der Waals surface area (Å²) in [7, 11) is 1.42. The minimum absolute atomic E-state index is 0.0650. The summed E-state index contributed by atoms with van der Waals surface area (Å²) >= 11 is 0. The number of halogens is 1. The number of aryl methyl sites for hydroxylation is 1. The average Bonchev–Trinajstić information content (AvgIpc) is 2.44. The zero-order valence-electron chi connectivity index (χ0n) is 13.9. The third kappa shape index (κ3) is 5.64. The number of carbonyl (C=O) groups is 1. The Kier molecular flexibility index (Phi) is 6.81. The number of benzene rings is 1. The second-order valence-corrected chi connectivity index (χ2v) is 6.38. The van der Waals surface area contributed by atoms with Gasteiger partial charge in [0.2, 0.25) is 5.91 Å². The van der Waals surface area contributed by atoms with Gasteiger partial charge in [0.05, 0.1) is 7.11 Å². The Morgan fingerprint density at radius 1 is 1.45 bits per heavy atom. The number of amides is 1. The lowest BCUT2D eigenvalue weighted by molar-refractivity contribution is -0.122. The van der Waals surface area contributed by atoms with Crippen LogP contribution >= 0.6 is 0 Å². The quantitative estimate of drug-likeness (QED) is 0.776. The first-order valence-electron chi connectivity index (χ1n) is 7.63. The predicted molar refractivity (Wildman–Crippen MR) is 86.3 cm³/mol. The molecule has 0 fully saturated rings. The third-order valence-electron chi connectivity index (χ3n) is 3.61. The zero-order valence-corrected chi connectivity index (χ0v) is 13.9. The molecule has 0 heterocycles. The maximum Gasteiger partial charge on any atom is 0.220 e. The fourth-order valence-electron chi connectivity index (χ4n) is 2.61. The summed E-state index contributed by atoms with van der Waals surface area (Å²) in [6.07, 6.45) is 1.61. The number of nitrogens with one attached hydrogen (secondary N) is 1. The van der Waals surface area contributed by atoms with Gasteiger partial charge >= 0.3 is 0 Å². The Morgan fingerprint density at radius 2 is 2.14 bits per heavy atom. The van der Waals surface area contributed by atoms with Crippen LogP contribution in [0.3, 0.4) is 0 Å².